The number of hydrogen-bond acceptors (Lipinski definition) is 3. The zero-order valence-electron chi connectivity index (χ0n) is 14.4. The standard InChI is InChI=1S/C21H20N2O3/c1-15(26-19-12-11-17-9-5-6-10-18(17)14-19)21(25)23-22-20(24)13-16-7-3-2-4-8-16/h2-12,14-15H,13H2,1H3,(H,22,24)(H,23,25)/t15-/m1/s1. The molecule has 0 saturated heterocycles. The quantitative estimate of drug-likeness (QED) is 0.697. The molecule has 0 aromatic heterocycles. The van der Waals surface area contributed by atoms with Crippen LogP contribution in [-0.4, -0.2) is 17.9 Å². The van der Waals surface area contributed by atoms with Gasteiger partial charge in [0.05, 0.1) is 6.42 Å². The largest absolute Gasteiger partial charge is 0.481 e. The number of rotatable bonds is 5. The highest BCUT2D eigenvalue weighted by molar-refractivity contribution is 5.86. The molecule has 26 heavy (non-hydrogen) atoms. The average Bonchev–Trinajstić information content (AvgIpc) is 2.66. The Labute approximate surface area is 152 Å². The number of benzene rings is 3. The molecule has 5 heteroatoms. The number of ether oxygens (including phenoxy) is 1. The lowest BCUT2D eigenvalue weighted by Gasteiger charge is -2.15. The minimum Gasteiger partial charge on any atom is -0.481 e. The maximum absolute atomic E-state index is 12.1. The highest BCUT2D eigenvalue weighted by Crippen LogP contribution is 2.21. The lowest BCUT2D eigenvalue weighted by molar-refractivity contribution is -0.132. The number of carbonyl (C=O) groups is 2. The van der Waals surface area contributed by atoms with Gasteiger partial charge in [0, 0.05) is 0 Å². The first kappa shape index (κ1) is 17.5. The predicted octanol–water partition coefficient (Wildman–Crippen LogP) is 3.00. The zero-order chi connectivity index (χ0) is 18.4. The molecular weight excluding hydrogens is 328 g/mol. The van der Waals surface area contributed by atoms with E-state index in [0.29, 0.717) is 5.75 Å². The fraction of sp³-hybridized carbons (Fsp3) is 0.143. The summed E-state index contributed by atoms with van der Waals surface area (Å²) in [5.41, 5.74) is 5.68. The van der Waals surface area contributed by atoms with Gasteiger partial charge in [-0.2, -0.15) is 0 Å². The van der Waals surface area contributed by atoms with Crippen molar-refractivity contribution in [2.75, 3.05) is 0 Å². The van der Waals surface area contributed by atoms with E-state index in [2.05, 4.69) is 10.9 Å². The lowest BCUT2D eigenvalue weighted by atomic mass is 10.1. The van der Waals surface area contributed by atoms with Crippen molar-refractivity contribution in [2.24, 2.45) is 0 Å². The zero-order valence-corrected chi connectivity index (χ0v) is 14.4. The predicted molar refractivity (Wildman–Crippen MR) is 100 cm³/mol. The van der Waals surface area contributed by atoms with Crippen molar-refractivity contribution in [3.63, 3.8) is 0 Å². The van der Waals surface area contributed by atoms with E-state index in [9.17, 15) is 9.59 Å². The van der Waals surface area contributed by atoms with Crippen LogP contribution in [0, 0.1) is 0 Å². The first-order valence-corrected chi connectivity index (χ1v) is 8.40. The van der Waals surface area contributed by atoms with Crippen LogP contribution in [0.5, 0.6) is 5.75 Å². The highest BCUT2D eigenvalue weighted by atomic mass is 16.5. The molecule has 0 radical (unpaired) electrons. The Hall–Kier alpha value is -3.34. The molecular formula is C21H20N2O3. The van der Waals surface area contributed by atoms with Gasteiger partial charge in [-0.1, -0.05) is 60.7 Å². The molecule has 0 aliphatic rings. The second-order valence-electron chi connectivity index (χ2n) is 5.97. The summed E-state index contributed by atoms with van der Waals surface area (Å²) in [5, 5.41) is 2.14. The van der Waals surface area contributed by atoms with E-state index in [1.165, 1.54) is 0 Å². The molecule has 0 aliphatic heterocycles. The summed E-state index contributed by atoms with van der Waals surface area (Å²) in [4.78, 5) is 24.0. The van der Waals surface area contributed by atoms with Crippen molar-refractivity contribution >= 4 is 22.6 Å². The molecule has 0 fully saturated rings. The van der Waals surface area contributed by atoms with Crippen molar-refractivity contribution < 1.29 is 14.3 Å². The second kappa shape index (κ2) is 8.16. The van der Waals surface area contributed by atoms with Gasteiger partial charge in [-0.3, -0.25) is 20.4 Å². The molecule has 0 unspecified atom stereocenters. The summed E-state index contributed by atoms with van der Waals surface area (Å²) in [5.74, 6) is -0.107. The third-order valence-corrected chi connectivity index (χ3v) is 3.94. The number of carbonyl (C=O) groups excluding carboxylic acids is 2. The van der Waals surface area contributed by atoms with Crippen LogP contribution < -0.4 is 15.6 Å². The van der Waals surface area contributed by atoms with Crippen LogP contribution in [0.25, 0.3) is 10.8 Å². The van der Waals surface area contributed by atoms with Crippen LogP contribution in [-0.2, 0) is 16.0 Å². The fourth-order valence-electron chi connectivity index (χ4n) is 2.56. The third-order valence-electron chi connectivity index (χ3n) is 3.94. The summed E-state index contributed by atoms with van der Waals surface area (Å²) in [6, 6.07) is 22.9. The Morgan fingerprint density at radius 1 is 0.885 bits per heavy atom. The van der Waals surface area contributed by atoms with Crippen LogP contribution in [0.3, 0.4) is 0 Å². The second-order valence-corrected chi connectivity index (χ2v) is 5.97. The van der Waals surface area contributed by atoms with E-state index < -0.39 is 12.0 Å². The summed E-state index contributed by atoms with van der Waals surface area (Å²) in [7, 11) is 0. The van der Waals surface area contributed by atoms with Crippen molar-refractivity contribution in [1.29, 1.82) is 0 Å². The topological polar surface area (TPSA) is 67.4 Å². The summed E-state index contributed by atoms with van der Waals surface area (Å²) in [6.45, 7) is 1.63. The number of amides is 2. The number of nitrogens with one attached hydrogen (secondary N) is 2. The molecule has 0 heterocycles. The van der Waals surface area contributed by atoms with E-state index in [0.717, 1.165) is 16.3 Å². The molecule has 5 nitrogen and oxygen atoms in total. The van der Waals surface area contributed by atoms with Crippen molar-refractivity contribution in [3.05, 3.63) is 78.4 Å². The van der Waals surface area contributed by atoms with Gasteiger partial charge >= 0.3 is 0 Å². The summed E-state index contributed by atoms with van der Waals surface area (Å²) < 4.78 is 5.67. The Morgan fingerprint density at radius 2 is 1.58 bits per heavy atom. The molecule has 2 amide bonds. The molecule has 3 rings (SSSR count). The Kier molecular flexibility index (Phi) is 5.49. The van der Waals surface area contributed by atoms with Crippen LogP contribution in [0.2, 0.25) is 0 Å². The van der Waals surface area contributed by atoms with Gasteiger partial charge in [-0.05, 0) is 35.4 Å². The fourth-order valence-corrected chi connectivity index (χ4v) is 2.56. The van der Waals surface area contributed by atoms with E-state index >= 15 is 0 Å². The van der Waals surface area contributed by atoms with Gasteiger partial charge < -0.3 is 4.74 Å². The van der Waals surface area contributed by atoms with Gasteiger partial charge in [0.25, 0.3) is 5.91 Å². The smallest absolute Gasteiger partial charge is 0.279 e. The Morgan fingerprint density at radius 3 is 2.35 bits per heavy atom. The number of hydrogen-bond donors (Lipinski definition) is 2. The van der Waals surface area contributed by atoms with E-state index in [1.54, 1.807) is 6.92 Å². The van der Waals surface area contributed by atoms with Gasteiger partial charge in [-0.15, -0.1) is 0 Å². The van der Waals surface area contributed by atoms with Crippen molar-refractivity contribution in [1.82, 2.24) is 10.9 Å². The van der Waals surface area contributed by atoms with Gasteiger partial charge in [0.15, 0.2) is 6.10 Å². The number of hydrazine groups is 1. The molecule has 0 saturated carbocycles. The van der Waals surface area contributed by atoms with Gasteiger partial charge in [-0.25, -0.2) is 0 Å². The Balaban J connectivity index is 1.51. The monoisotopic (exact) mass is 348 g/mol. The van der Waals surface area contributed by atoms with Crippen LogP contribution in [0.4, 0.5) is 0 Å². The molecule has 0 bridgehead atoms. The highest BCUT2D eigenvalue weighted by Gasteiger charge is 2.15. The third kappa shape index (κ3) is 4.60. The average molecular weight is 348 g/mol. The minimum absolute atomic E-state index is 0.195. The lowest BCUT2D eigenvalue weighted by Crippen LogP contribution is -2.47. The maximum Gasteiger partial charge on any atom is 0.279 e. The maximum atomic E-state index is 12.1. The van der Waals surface area contributed by atoms with E-state index in [1.807, 2.05) is 72.8 Å². The normalized spacial score (nSPS) is 11.6. The molecule has 1 atom stereocenters. The molecule has 0 aliphatic carbocycles. The molecule has 2 N–H and O–H groups in total. The van der Waals surface area contributed by atoms with Crippen LogP contribution in [0.1, 0.15) is 12.5 Å². The molecule has 3 aromatic carbocycles. The molecule has 3 aromatic rings. The van der Waals surface area contributed by atoms with E-state index in [4.69, 9.17) is 4.74 Å². The van der Waals surface area contributed by atoms with Crippen LogP contribution in [0.15, 0.2) is 72.8 Å². The first-order chi connectivity index (χ1) is 12.6. The van der Waals surface area contributed by atoms with Gasteiger partial charge in [0.2, 0.25) is 5.91 Å². The minimum atomic E-state index is -0.742. The van der Waals surface area contributed by atoms with Crippen molar-refractivity contribution in [2.45, 2.75) is 19.4 Å². The molecule has 0 spiro atoms. The Bertz CT molecular complexity index is 909. The number of fused-ring (bicyclic) bond motifs is 1. The van der Waals surface area contributed by atoms with Crippen molar-refractivity contribution in [3.8, 4) is 5.75 Å². The van der Waals surface area contributed by atoms with Crippen LogP contribution >= 0.6 is 0 Å². The van der Waals surface area contributed by atoms with Gasteiger partial charge in [0.1, 0.15) is 5.75 Å². The SMILES string of the molecule is C[C@@H](Oc1ccc2ccccc2c1)C(=O)NNC(=O)Cc1ccccc1. The summed E-state index contributed by atoms with van der Waals surface area (Å²) in [6.07, 6.45) is -0.547. The summed E-state index contributed by atoms with van der Waals surface area (Å²) >= 11 is 0. The van der Waals surface area contributed by atoms with E-state index in [-0.39, 0.29) is 12.3 Å². The first-order valence-electron chi connectivity index (χ1n) is 8.40. The molecule has 132 valence electrons.